The summed E-state index contributed by atoms with van der Waals surface area (Å²) in [6, 6.07) is 10.8. The summed E-state index contributed by atoms with van der Waals surface area (Å²) in [6.07, 6.45) is 11.3. The van der Waals surface area contributed by atoms with E-state index in [2.05, 4.69) is 76.4 Å². The highest BCUT2D eigenvalue weighted by Gasteiger charge is 2.50. The highest BCUT2D eigenvalue weighted by Crippen LogP contribution is 2.46. The third-order valence-electron chi connectivity index (χ3n) is 8.59. The van der Waals surface area contributed by atoms with Gasteiger partial charge in [-0.25, -0.2) is 14.8 Å². The summed E-state index contributed by atoms with van der Waals surface area (Å²) in [5.74, 6) is 1.50. The Morgan fingerprint density at radius 2 is 1.79 bits per heavy atom. The number of carbonyl (C=O) groups excluding carboxylic acids is 1. The van der Waals surface area contributed by atoms with Crippen molar-refractivity contribution in [3.05, 3.63) is 48.3 Å². The van der Waals surface area contributed by atoms with E-state index in [0.29, 0.717) is 6.54 Å². The van der Waals surface area contributed by atoms with Crippen LogP contribution in [-0.4, -0.2) is 60.2 Å². The van der Waals surface area contributed by atoms with Gasteiger partial charge in [0.05, 0.1) is 30.2 Å². The van der Waals surface area contributed by atoms with E-state index in [1.165, 1.54) is 24.8 Å². The molecule has 34 heavy (non-hydrogen) atoms. The number of nitrogens with one attached hydrogen (secondary N) is 1. The van der Waals surface area contributed by atoms with Crippen molar-refractivity contribution in [2.75, 3.05) is 43.5 Å². The molecule has 7 heteroatoms. The van der Waals surface area contributed by atoms with Gasteiger partial charge < -0.3 is 10.2 Å². The predicted molar refractivity (Wildman–Crippen MR) is 136 cm³/mol. The summed E-state index contributed by atoms with van der Waals surface area (Å²) >= 11 is 0. The van der Waals surface area contributed by atoms with Gasteiger partial charge in [-0.15, -0.1) is 0 Å². The normalized spacial score (nSPS) is 29.6. The van der Waals surface area contributed by atoms with Crippen molar-refractivity contribution in [2.24, 2.45) is 5.92 Å². The Hall–Kier alpha value is -2.67. The molecule has 2 amide bonds. The third kappa shape index (κ3) is 4.15. The minimum absolute atomic E-state index is 0.0141. The Morgan fingerprint density at radius 3 is 2.44 bits per heavy atom. The predicted octanol–water partition coefficient (Wildman–Crippen LogP) is 4.40. The highest BCUT2D eigenvalue weighted by atomic mass is 16.2. The second kappa shape index (κ2) is 9.17. The molecule has 1 aliphatic carbocycles. The van der Waals surface area contributed by atoms with Gasteiger partial charge in [0.2, 0.25) is 5.95 Å². The molecule has 1 spiro atoms. The molecule has 1 saturated carbocycles. The van der Waals surface area contributed by atoms with E-state index < -0.39 is 0 Å². The van der Waals surface area contributed by atoms with Crippen LogP contribution >= 0.6 is 0 Å². The van der Waals surface area contributed by atoms with Crippen LogP contribution in [-0.2, 0) is 5.54 Å². The zero-order valence-electron chi connectivity index (χ0n) is 20.8. The first kappa shape index (κ1) is 23.1. The summed E-state index contributed by atoms with van der Waals surface area (Å²) in [7, 11) is 4.35. The van der Waals surface area contributed by atoms with Crippen molar-refractivity contribution < 1.29 is 4.79 Å². The van der Waals surface area contributed by atoms with E-state index in [9.17, 15) is 4.79 Å². The number of hydrogen-bond donors (Lipinski definition) is 1. The van der Waals surface area contributed by atoms with Gasteiger partial charge in [0.25, 0.3) is 0 Å². The van der Waals surface area contributed by atoms with Crippen LogP contribution < -0.4 is 15.1 Å². The summed E-state index contributed by atoms with van der Waals surface area (Å²) < 4.78 is 0. The lowest BCUT2D eigenvalue weighted by molar-refractivity contribution is 0.0658. The fraction of sp³-hybridized carbons (Fsp3) is 0.593. The number of carbonyl (C=O) groups is 1. The lowest BCUT2D eigenvalue weighted by Crippen LogP contribution is -2.54. The number of amides is 2. The fourth-order valence-corrected chi connectivity index (χ4v) is 6.28. The van der Waals surface area contributed by atoms with E-state index in [-0.39, 0.29) is 17.1 Å². The number of piperidine rings is 1. The Kier molecular flexibility index (Phi) is 6.23. The van der Waals surface area contributed by atoms with Crippen LogP contribution in [0.1, 0.15) is 57.4 Å². The molecule has 0 radical (unpaired) electrons. The molecule has 3 fully saturated rings. The smallest absolute Gasteiger partial charge is 0.322 e. The van der Waals surface area contributed by atoms with Gasteiger partial charge in [-0.2, -0.15) is 0 Å². The van der Waals surface area contributed by atoms with Gasteiger partial charge in [-0.1, -0.05) is 43.7 Å². The van der Waals surface area contributed by atoms with Crippen molar-refractivity contribution in [1.29, 1.82) is 0 Å². The van der Waals surface area contributed by atoms with Crippen LogP contribution in [0.4, 0.5) is 16.4 Å². The van der Waals surface area contributed by atoms with Crippen LogP contribution in [0, 0.1) is 5.92 Å². The summed E-state index contributed by atoms with van der Waals surface area (Å²) in [5, 5.41) is 3.34. The SMILES string of the molecule is CCC1CCCN(c2ncc(N3CC4(CCC(c5ccccc5)(N(C)C)CC4)NC3=O)cn2)C1. The molecule has 182 valence electrons. The Balaban J connectivity index is 1.28. The van der Waals surface area contributed by atoms with Crippen molar-refractivity contribution in [1.82, 2.24) is 20.2 Å². The van der Waals surface area contributed by atoms with Crippen LogP contribution in [0.15, 0.2) is 42.7 Å². The zero-order valence-corrected chi connectivity index (χ0v) is 20.8. The summed E-state index contributed by atoms with van der Waals surface area (Å²) in [5.41, 5.74) is 1.98. The first-order valence-corrected chi connectivity index (χ1v) is 12.8. The average Bonchev–Trinajstić information content (AvgIpc) is 3.20. The van der Waals surface area contributed by atoms with Crippen molar-refractivity contribution in [3.63, 3.8) is 0 Å². The van der Waals surface area contributed by atoms with Gasteiger partial charge in [-0.3, -0.25) is 9.80 Å². The van der Waals surface area contributed by atoms with E-state index in [1.807, 2.05) is 17.3 Å². The number of hydrogen-bond acceptors (Lipinski definition) is 5. The second-order valence-corrected chi connectivity index (χ2v) is 10.7. The van der Waals surface area contributed by atoms with Gasteiger partial charge in [0.1, 0.15) is 0 Å². The molecule has 2 aliphatic heterocycles. The first-order chi connectivity index (χ1) is 16.4. The first-order valence-electron chi connectivity index (χ1n) is 12.8. The van der Waals surface area contributed by atoms with Crippen LogP contribution in [0.2, 0.25) is 0 Å². The van der Waals surface area contributed by atoms with E-state index >= 15 is 0 Å². The molecule has 3 heterocycles. The number of benzene rings is 1. The highest BCUT2D eigenvalue weighted by molar-refractivity contribution is 5.95. The second-order valence-electron chi connectivity index (χ2n) is 10.7. The average molecular weight is 463 g/mol. The lowest BCUT2D eigenvalue weighted by Gasteiger charge is -2.48. The standard InChI is InChI=1S/C27H38N6O/c1-4-21-9-8-16-32(19-21)24-28-17-23(18-29-24)33-20-26(30-25(33)34)12-14-27(15-13-26,31(2)3)22-10-6-5-7-11-22/h5-7,10-11,17-18,21H,4,8-9,12-16,19-20H2,1-3H3,(H,30,34). The molecule has 2 saturated heterocycles. The van der Waals surface area contributed by atoms with Crippen LogP contribution in [0.5, 0.6) is 0 Å². The third-order valence-corrected chi connectivity index (χ3v) is 8.59. The maximum absolute atomic E-state index is 13.0. The Morgan fingerprint density at radius 1 is 1.09 bits per heavy atom. The largest absolute Gasteiger partial charge is 0.341 e. The van der Waals surface area contributed by atoms with Crippen molar-refractivity contribution >= 4 is 17.7 Å². The maximum atomic E-state index is 13.0. The molecular formula is C27H38N6O. The van der Waals surface area contributed by atoms with Gasteiger partial charge in [-0.05, 0) is 64.1 Å². The van der Waals surface area contributed by atoms with Crippen molar-refractivity contribution in [3.8, 4) is 0 Å². The van der Waals surface area contributed by atoms with Crippen molar-refractivity contribution in [2.45, 2.75) is 62.9 Å². The quantitative estimate of drug-likeness (QED) is 0.713. The molecule has 7 nitrogen and oxygen atoms in total. The maximum Gasteiger partial charge on any atom is 0.322 e. The number of urea groups is 1. The molecule has 1 unspecified atom stereocenters. The number of nitrogens with zero attached hydrogens (tertiary/aromatic N) is 5. The Bertz CT molecular complexity index is 984. The fourth-order valence-electron chi connectivity index (χ4n) is 6.28. The molecule has 1 aromatic heterocycles. The molecule has 0 bridgehead atoms. The molecule has 5 rings (SSSR count). The van der Waals surface area contributed by atoms with Gasteiger partial charge >= 0.3 is 6.03 Å². The van der Waals surface area contributed by atoms with E-state index in [4.69, 9.17) is 0 Å². The summed E-state index contributed by atoms with van der Waals surface area (Å²) in [4.78, 5) is 28.8. The molecule has 1 atom stereocenters. The topological polar surface area (TPSA) is 64.6 Å². The molecular weight excluding hydrogens is 424 g/mol. The van der Waals surface area contributed by atoms with E-state index in [0.717, 1.165) is 56.3 Å². The molecule has 1 aromatic carbocycles. The lowest BCUT2D eigenvalue weighted by atomic mass is 9.69. The molecule has 2 aromatic rings. The van der Waals surface area contributed by atoms with Crippen LogP contribution in [0.3, 0.4) is 0 Å². The van der Waals surface area contributed by atoms with Gasteiger partial charge in [0, 0.05) is 18.6 Å². The van der Waals surface area contributed by atoms with Gasteiger partial charge in [0.15, 0.2) is 0 Å². The number of aromatic nitrogens is 2. The number of anilines is 2. The minimum Gasteiger partial charge on any atom is -0.341 e. The Labute approximate surface area is 203 Å². The summed E-state index contributed by atoms with van der Waals surface area (Å²) in [6.45, 7) is 4.97. The monoisotopic (exact) mass is 462 g/mol. The van der Waals surface area contributed by atoms with E-state index in [1.54, 1.807) is 0 Å². The van der Waals surface area contributed by atoms with Crippen LogP contribution in [0.25, 0.3) is 0 Å². The minimum atomic E-state index is -0.189. The zero-order chi connectivity index (χ0) is 23.8. The molecule has 1 N–H and O–H groups in total. The molecule has 3 aliphatic rings. The number of rotatable bonds is 5.